The molecule has 0 amide bonds. The Kier molecular flexibility index (Phi) is 1.44. The molecule has 64 valence electrons. The molecule has 1 aliphatic heterocycles. The van der Waals surface area contributed by atoms with E-state index < -0.39 is 0 Å². The molecule has 0 radical (unpaired) electrons. The van der Waals surface area contributed by atoms with Crippen LogP contribution in [0.1, 0.15) is 0 Å². The maximum absolute atomic E-state index is 5.56. The van der Waals surface area contributed by atoms with Crippen molar-refractivity contribution in [2.24, 2.45) is 5.90 Å². The molecule has 1 aromatic rings. The number of nitrogens with two attached hydrogens (primary N) is 2. The lowest BCUT2D eigenvalue weighted by atomic mass is 10.2. The first-order valence-corrected chi connectivity index (χ1v) is 3.37. The summed E-state index contributed by atoms with van der Waals surface area (Å²) in [6.07, 6.45) is 0. The molecule has 0 saturated heterocycles. The number of nitrogen functional groups attached to an aromatic ring is 1. The van der Waals surface area contributed by atoms with Gasteiger partial charge in [0.1, 0.15) is 0 Å². The Morgan fingerprint density at radius 1 is 1.25 bits per heavy atom. The molecular formula is C7H8N2O3. The van der Waals surface area contributed by atoms with Gasteiger partial charge in [0, 0.05) is 12.1 Å². The van der Waals surface area contributed by atoms with Gasteiger partial charge in [-0.3, -0.25) is 0 Å². The van der Waals surface area contributed by atoms with E-state index in [9.17, 15) is 0 Å². The Bertz CT molecular complexity index is 313. The summed E-state index contributed by atoms with van der Waals surface area (Å²) in [4.78, 5) is 4.51. The second kappa shape index (κ2) is 2.46. The van der Waals surface area contributed by atoms with Crippen molar-refractivity contribution in [3.8, 4) is 17.2 Å². The van der Waals surface area contributed by atoms with Crippen molar-refractivity contribution in [1.29, 1.82) is 0 Å². The van der Waals surface area contributed by atoms with Crippen LogP contribution < -0.4 is 25.9 Å². The van der Waals surface area contributed by atoms with E-state index in [2.05, 4.69) is 4.84 Å². The topological polar surface area (TPSA) is 79.7 Å². The minimum atomic E-state index is 0.211. The van der Waals surface area contributed by atoms with Crippen molar-refractivity contribution in [1.82, 2.24) is 0 Å². The molecule has 0 atom stereocenters. The van der Waals surface area contributed by atoms with Crippen LogP contribution in [0.3, 0.4) is 0 Å². The van der Waals surface area contributed by atoms with Crippen LogP contribution in [0, 0.1) is 0 Å². The summed E-state index contributed by atoms with van der Waals surface area (Å²) in [5.41, 5.74) is 6.00. The summed E-state index contributed by atoms with van der Waals surface area (Å²) in [6, 6.07) is 3.21. The minimum absolute atomic E-state index is 0.211. The van der Waals surface area contributed by atoms with Gasteiger partial charge in [0.2, 0.25) is 6.79 Å². The first-order chi connectivity index (χ1) is 5.81. The number of anilines is 1. The number of rotatable bonds is 1. The molecule has 5 nitrogen and oxygen atoms in total. The molecule has 1 heterocycles. The molecule has 4 N–H and O–H groups in total. The second-order valence-corrected chi connectivity index (χ2v) is 2.36. The molecule has 0 bridgehead atoms. The van der Waals surface area contributed by atoms with Gasteiger partial charge in [-0.25, -0.2) is 0 Å². The number of benzene rings is 1. The third kappa shape index (κ3) is 0.911. The average molecular weight is 168 g/mol. The van der Waals surface area contributed by atoms with E-state index in [1.54, 1.807) is 12.1 Å². The van der Waals surface area contributed by atoms with Crippen LogP contribution >= 0.6 is 0 Å². The van der Waals surface area contributed by atoms with Crippen LogP contribution in [0.4, 0.5) is 5.69 Å². The molecule has 2 rings (SSSR count). The molecule has 1 aliphatic rings. The van der Waals surface area contributed by atoms with Crippen LogP contribution in [0.2, 0.25) is 0 Å². The molecular weight excluding hydrogens is 160 g/mol. The third-order valence-corrected chi connectivity index (χ3v) is 1.63. The molecule has 5 heteroatoms. The second-order valence-electron chi connectivity index (χ2n) is 2.36. The van der Waals surface area contributed by atoms with Crippen molar-refractivity contribution < 1.29 is 14.3 Å². The Morgan fingerprint density at radius 3 is 2.58 bits per heavy atom. The first-order valence-electron chi connectivity index (χ1n) is 3.37. The van der Waals surface area contributed by atoms with Crippen LogP contribution in [-0.2, 0) is 0 Å². The van der Waals surface area contributed by atoms with Crippen molar-refractivity contribution in [3.63, 3.8) is 0 Å². The molecule has 0 aliphatic carbocycles. The normalized spacial score (nSPS) is 13.1. The highest BCUT2D eigenvalue weighted by atomic mass is 16.7. The molecule has 0 fully saturated rings. The van der Waals surface area contributed by atoms with Crippen molar-refractivity contribution >= 4 is 5.69 Å². The molecule has 0 spiro atoms. The monoisotopic (exact) mass is 168 g/mol. The zero-order valence-corrected chi connectivity index (χ0v) is 6.24. The molecule has 0 unspecified atom stereocenters. The predicted octanol–water partition coefficient (Wildman–Crippen LogP) is 0.250. The Hall–Kier alpha value is -1.62. The SMILES string of the molecule is NOc1cc2c(cc1N)OCO2. The Labute approximate surface area is 68.8 Å². The predicted molar refractivity (Wildman–Crippen MR) is 41.8 cm³/mol. The van der Waals surface area contributed by atoms with E-state index >= 15 is 0 Å². The van der Waals surface area contributed by atoms with E-state index in [1.165, 1.54) is 0 Å². The van der Waals surface area contributed by atoms with Crippen LogP contribution in [0.25, 0.3) is 0 Å². The van der Waals surface area contributed by atoms with Crippen molar-refractivity contribution in [2.75, 3.05) is 12.5 Å². The van der Waals surface area contributed by atoms with Gasteiger partial charge >= 0.3 is 0 Å². The summed E-state index contributed by atoms with van der Waals surface area (Å²) in [6.45, 7) is 0.211. The van der Waals surface area contributed by atoms with Gasteiger partial charge in [-0.05, 0) is 0 Å². The number of fused-ring (bicyclic) bond motifs is 1. The van der Waals surface area contributed by atoms with E-state index in [-0.39, 0.29) is 6.79 Å². The van der Waals surface area contributed by atoms with Crippen LogP contribution in [-0.4, -0.2) is 6.79 Å². The maximum Gasteiger partial charge on any atom is 0.231 e. The zero-order valence-electron chi connectivity index (χ0n) is 6.24. The number of hydrogen-bond donors (Lipinski definition) is 2. The highest BCUT2D eigenvalue weighted by Crippen LogP contribution is 2.38. The summed E-state index contributed by atoms with van der Waals surface area (Å²) in [5.74, 6) is 6.58. The fourth-order valence-electron chi connectivity index (χ4n) is 1.04. The minimum Gasteiger partial charge on any atom is -0.454 e. The fraction of sp³-hybridized carbons (Fsp3) is 0.143. The van der Waals surface area contributed by atoms with Gasteiger partial charge in [-0.1, -0.05) is 0 Å². The average Bonchev–Trinajstić information content (AvgIpc) is 2.49. The van der Waals surface area contributed by atoms with Gasteiger partial charge < -0.3 is 20.0 Å². The summed E-state index contributed by atoms with van der Waals surface area (Å²) < 4.78 is 10.2. The third-order valence-electron chi connectivity index (χ3n) is 1.63. The lowest BCUT2D eigenvalue weighted by Gasteiger charge is -2.03. The van der Waals surface area contributed by atoms with E-state index in [1.807, 2.05) is 0 Å². The van der Waals surface area contributed by atoms with Crippen LogP contribution in [0.5, 0.6) is 17.2 Å². The lowest BCUT2D eigenvalue weighted by molar-refractivity contribution is 0.174. The Morgan fingerprint density at radius 2 is 1.92 bits per heavy atom. The smallest absolute Gasteiger partial charge is 0.231 e. The molecule has 0 saturated carbocycles. The highest BCUT2D eigenvalue weighted by molar-refractivity contribution is 5.62. The summed E-state index contributed by atoms with van der Waals surface area (Å²) in [7, 11) is 0. The van der Waals surface area contributed by atoms with Gasteiger partial charge in [0.15, 0.2) is 17.2 Å². The van der Waals surface area contributed by atoms with Gasteiger partial charge in [0.25, 0.3) is 0 Å². The standard InChI is InChI=1S/C7H8N2O3/c8-4-1-6-7(11-3-10-6)2-5(4)12-9/h1-2H,3,8-9H2. The molecule has 0 aromatic heterocycles. The Balaban J connectivity index is 2.49. The van der Waals surface area contributed by atoms with Gasteiger partial charge in [-0.15, -0.1) is 0 Å². The fourth-order valence-corrected chi connectivity index (χ4v) is 1.04. The summed E-state index contributed by atoms with van der Waals surface area (Å²) >= 11 is 0. The first kappa shape index (κ1) is 7.05. The summed E-state index contributed by atoms with van der Waals surface area (Å²) in [5, 5.41) is 0. The van der Waals surface area contributed by atoms with Crippen molar-refractivity contribution in [3.05, 3.63) is 12.1 Å². The number of ether oxygens (including phenoxy) is 2. The van der Waals surface area contributed by atoms with Gasteiger partial charge in [0.05, 0.1) is 5.69 Å². The maximum atomic E-state index is 5.56. The zero-order chi connectivity index (χ0) is 8.55. The van der Waals surface area contributed by atoms with Crippen LogP contribution in [0.15, 0.2) is 12.1 Å². The number of hydrogen-bond acceptors (Lipinski definition) is 5. The van der Waals surface area contributed by atoms with E-state index in [0.717, 1.165) is 0 Å². The van der Waals surface area contributed by atoms with E-state index in [4.69, 9.17) is 21.1 Å². The lowest BCUT2D eigenvalue weighted by Crippen LogP contribution is -2.04. The quantitative estimate of drug-likeness (QED) is 0.464. The van der Waals surface area contributed by atoms with Gasteiger partial charge in [-0.2, -0.15) is 5.90 Å². The van der Waals surface area contributed by atoms with Crippen molar-refractivity contribution in [2.45, 2.75) is 0 Å². The largest absolute Gasteiger partial charge is 0.454 e. The highest BCUT2D eigenvalue weighted by Gasteiger charge is 2.16. The van der Waals surface area contributed by atoms with E-state index in [0.29, 0.717) is 22.9 Å². The molecule has 12 heavy (non-hydrogen) atoms. The molecule has 1 aromatic carbocycles.